The molecule has 0 saturated heterocycles. The molecular weight excluding hydrogens is 267 g/mol. The number of halogens is 1. The summed E-state index contributed by atoms with van der Waals surface area (Å²) in [5.74, 6) is -0.345. The van der Waals surface area contributed by atoms with Crippen LogP contribution in [0.25, 0.3) is 0 Å². The van der Waals surface area contributed by atoms with Gasteiger partial charge in [0.05, 0.1) is 12.2 Å². The van der Waals surface area contributed by atoms with Crippen LogP contribution in [0.3, 0.4) is 0 Å². The molecule has 21 heavy (non-hydrogen) atoms. The first-order valence-electron chi connectivity index (χ1n) is 7.07. The summed E-state index contributed by atoms with van der Waals surface area (Å²) < 4.78 is 13.5. The predicted octanol–water partition coefficient (Wildman–Crippen LogP) is 2.82. The molecule has 0 unspecified atom stereocenters. The van der Waals surface area contributed by atoms with Crippen LogP contribution in [0.2, 0.25) is 0 Å². The minimum atomic E-state index is -0.339. The van der Waals surface area contributed by atoms with Crippen molar-refractivity contribution in [2.45, 2.75) is 13.0 Å². The van der Waals surface area contributed by atoms with Crippen molar-refractivity contribution >= 4 is 11.6 Å². The third-order valence-corrected chi connectivity index (χ3v) is 3.79. The summed E-state index contributed by atoms with van der Waals surface area (Å²) in [6.07, 6.45) is 0.877. The molecule has 2 aromatic carbocycles. The van der Waals surface area contributed by atoms with Crippen molar-refractivity contribution in [3.8, 4) is 0 Å². The van der Waals surface area contributed by atoms with E-state index in [1.807, 2.05) is 17.0 Å². The highest BCUT2D eigenvalue weighted by molar-refractivity contribution is 5.81. The van der Waals surface area contributed by atoms with Crippen molar-refractivity contribution in [3.05, 3.63) is 65.5 Å². The summed E-state index contributed by atoms with van der Waals surface area (Å²) in [7, 11) is 0. The van der Waals surface area contributed by atoms with E-state index in [0.717, 1.165) is 13.0 Å². The lowest BCUT2D eigenvalue weighted by Crippen LogP contribution is -2.39. The summed E-state index contributed by atoms with van der Waals surface area (Å²) >= 11 is 0. The molecule has 0 radical (unpaired) electrons. The van der Waals surface area contributed by atoms with Crippen LogP contribution in [0.1, 0.15) is 11.1 Å². The first-order chi connectivity index (χ1) is 10.2. The molecule has 0 bridgehead atoms. The summed E-state index contributed by atoms with van der Waals surface area (Å²) in [6.45, 7) is 1.46. The van der Waals surface area contributed by atoms with Gasteiger partial charge in [-0.3, -0.25) is 4.79 Å². The molecule has 0 aliphatic carbocycles. The molecule has 1 N–H and O–H groups in total. The lowest BCUT2D eigenvalue weighted by atomic mass is 10.00. The van der Waals surface area contributed by atoms with Gasteiger partial charge in [0.1, 0.15) is 5.82 Å². The number of rotatable bonds is 3. The number of hydrogen-bond donors (Lipinski definition) is 1. The highest BCUT2D eigenvalue weighted by atomic mass is 19.1. The first kappa shape index (κ1) is 13.6. The fraction of sp³-hybridized carbons (Fsp3) is 0.235. The molecule has 0 atom stereocenters. The molecule has 0 fully saturated rings. The van der Waals surface area contributed by atoms with Gasteiger partial charge < -0.3 is 10.2 Å². The second-order valence-electron chi connectivity index (χ2n) is 5.17. The molecule has 108 valence electrons. The van der Waals surface area contributed by atoms with Gasteiger partial charge in [0.15, 0.2) is 0 Å². The topological polar surface area (TPSA) is 32.3 Å². The molecule has 4 heteroatoms. The Morgan fingerprint density at radius 3 is 2.62 bits per heavy atom. The van der Waals surface area contributed by atoms with Crippen molar-refractivity contribution in [2.75, 3.05) is 18.4 Å². The van der Waals surface area contributed by atoms with E-state index in [1.54, 1.807) is 18.2 Å². The highest BCUT2D eigenvalue weighted by Gasteiger charge is 2.20. The van der Waals surface area contributed by atoms with Crippen LogP contribution in [-0.4, -0.2) is 23.9 Å². The maximum Gasteiger partial charge on any atom is 0.242 e. The number of para-hydroxylation sites is 1. The second-order valence-corrected chi connectivity index (χ2v) is 5.17. The zero-order valence-corrected chi connectivity index (χ0v) is 11.7. The Labute approximate surface area is 123 Å². The summed E-state index contributed by atoms with van der Waals surface area (Å²) in [4.78, 5) is 14.0. The summed E-state index contributed by atoms with van der Waals surface area (Å²) in [6, 6.07) is 14.6. The number of carbonyl (C=O) groups is 1. The standard InChI is InChI=1S/C17H17FN2O/c18-15-7-3-4-8-16(15)19-11-17(21)20-10-9-13-5-1-2-6-14(13)12-20/h1-8,19H,9-12H2. The third kappa shape index (κ3) is 3.05. The normalized spacial score (nSPS) is 13.7. The first-order valence-corrected chi connectivity index (χ1v) is 7.07. The van der Waals surface area contributed by atoms with Crippen LogP contribution < -0.4 is 5.32 Å². The van der Waals surface area contributed by atoms with E-state index in [1.165, 1.54) is 17.2 Å². The zero-order valence-electron chi connectivity index (χ0n) is 11.7. The van der Waals surface area contributed by atoms with Crippen molar-refractivity contribution < 1.29 is 9.18 Å². The average Bonchev–Trinajstić information content (AvgIpc) is 2.53. The van der Waals surface area contributed by atoms with Gasteiger partial charge >= 0.3 is 0 Å². The van der Waals surface area contributed by atoms with Crippen LogP contribution in [-0.2, 0) is 17.8 Å². The Kier molecular flexibility index (Phi) is 3.86. The number of nitrogens with zero attached hydrogens (tertiary/aromatic N) is 1. The number of nitrogens with one attached hydrogen (secondary N) is 1. The smallest absolute Gasteiger partial charge is 0.242 e. The zero-order chi connectivity index (χ0) is 14.7. The van der Waals surface area contributed by atoms with Crippen molar-refractivity contribution in [2.24, 2.45) is 0 Å². The van der Waals surface area contributed by atoms with Gasteiger partial charge in [-0.05, 0) is 29.7 Å². The minimum Gasteiger partial charge on any atom is -0.374 e. The number of anilines is 1. The molecule has 0 saturated carbocycles. The molecule has 2 aromatic rings. The molecule has 3 rings (SSSR count). The van der Waals surface area contributed by atoms with E-state index in [9.17, 15) is 9.18 Å². The Bertz CT molecular complexity index is 657. The van der Waals surface area contributed by atoms with Crippen LogP contribution >= 0.6 is 0 Å². The number of hydrogen-bond acceptors (Lipinski definition) is 2. The van der Waals surface area contributed by atoms with Gasteiger partial charge in [-0.15, -0.1) is 0 Å². The van der Waals surface area contributed by atoms with Crippen molar-refractivity contribution in [1.29, 1.82) is 0 Å². The van der Waals surface area contributed by atoms with Gasteiger partial charge in [-0.2, -0.15) is 0 Å². The minimum absolute atomic E-state index is 0.00671. The number of amides is 1. The van der Waals surface area contributed by atoms with Gasteiger partial charge in [0.25, 0.3) is 0 Å². The average molecular weight is 284 g/mol. The summed E-state index contributed by atoms with van der Waals surface area (Å²) in [5.41, 5.74) is 2.87. The molecule has 1 aliphatic rings. The predicted molar refractivity (Wildman–Crippen MR) is 80.5 cm³/mol. The van der Waals surface area contributed by atoms with E-state index >= 15 is 0 Å². The highest BCUT2D eigenvalue weighted by Crippen LogP contribution is 2.19. The van der Waals surface area contributed by atoms with E-state index in [-0.39, 0.29) is 18.3 Å². The molecule has 1 amide bonds. The van der Waals surface area contributed by atoms with Crippen molar-refractivity contribution in [1.82, 2.24) is 4.90 Å². The van der Waals surface area contributed by atoms with Crippen LogP contribution in [0.15, 0.2) is 48.5 Å². The Balaban J connectivity index is 1.61. The van der Waals surface area contributed by atoms with E-state index in [0.29, 0.717) is 12.2 Å². The second kappa shape index (κ2) is 5.95. The van der Waals surface area contributed by atoms with Gasteiger partial charge in [-0.1, -0.05) is 36.4 Å². The maximum atomic E-state index is 13.5. The van der Waals surface area contributed by atoms with E-state index < -0.39 is 0 Å². The lowest BCUT2D eigenvalue weighted by Gasteiger charge is -2.29. The SMILES string of the molecule is O=C(CNc1ccccc1F)N1CCc2ccccc2C1. The number of fused-ring (bicyclic) bond motifs is 1. The molecule has 1 aliphatic heterocycles. The molecule has 1 heterocycles. The number of benzene rings is 2. The quantitative estimate of drug-likeness (QED) is 0.940. The molecule has 3 nitrogen and oxygen atoms in total. The third-order valence-electron chi connectivity index (χ3n) is 3.79. The van der Waals surface area contributed by atoms with Crippen LogP contribution in [0, 0.1) is 5.82 Å². The number of carbonyl (C=O) groups excluding carboxylic acids is 1. The van der Waals surface area contributed by atoms with Crippen LogP contribution in [0.4, 0.5) is 10.1 Å². The Hall–Kier alpha value is -2.36. The van der Waals surface area contributed by atoms with E-state index in [2.05, 4.69) is 17.4 Å². The summed E-state index contributed by atoms with van der Waals surface area (Å²) in [5, 5.41) is 2.87. The fourth-order valence-electron chi connectivity index (χ4n) is 2.60. The van der Waals surface area contributed by atoms with Crippen LogP contribution in [0.5, 0.6) is 0 Å². The lowest BCUT2D eigenvalue weighted by molar-refractivity contribution is -0.130. The van der Waals surface area contributed by atoms with Gasteiger partial charge in [-0.25, -0.2) is 4.39 Å². The van der Waals surface area contributed by atoms with Gasteiger partial charge in [0, 0.05) is 13.1 Å². The van der Waals surface area contributed by atoms with Crippen molar-refractivity contribution in [3.63, 3.8) is 0 Å². The van der Waals surface area contributed by atoms with Gasteiger partial charge in [0.2, 0.25) is 5.91 Å². The Morgan fingerprint density at radius 1 is 1.10 bits per heavy atom. The Morgan fingerprint density at radius 2 is 1.81 bits per heavy atom. The maximum absolute atomic E-state index is 13.5. The molecular formula is C17H17FN2O. The molecule has 0 spiro atoms. The van der Waals surface area contributed by atoms with E-state index in [4.69, 9.17) is 0 Å². The largest absolute Gasteiger partial charge is 0.374 e. The fourth-order valence-corrected chi connectivity index (χ4v) is 2.60. The monoisotopic (exact) mass is 284 g/mol. The molecule has 0 aromatic heterocycles.